The van der Waals surface area contributed by atoms with E-state index >= 15 is 0 Å². The highest BCUT2D eigenvalue weighted by Crippen LogP contribution is 2.15. The summed E-state index contributed by atoms with van der Waals surface area (Å²) in [6.45, 7) is 2.57. The molecule has 0 radical (unpaired) electrons. The van der Waals surface area contributed by atoms with E-state index in [1.807, 2.05) is 30.3 Å². The number of aliphatic hydroxyl groups excluding tert-OH is 1. The Hall–Kier alpha value is -2.86. The third-order valence-corrected chi connectivity index (χ3v) is 4.25. The molecule has 0 heterocycles. The Balaban J connectivity index is 2.00. The fraction of sp³-hybridized carbons (Fsp3) is 0.333. The van der Waals surface area contributed by atoms with E-state index in [9.17, 15) is 14.7 Å². The lowest BCUT2D eigenvalue weighted by molar-refractivity contribution is 0.0793. The summed E-state index contributed by atoms with van der Waals surface area (Å²) in [5, 5.41) is 15.0. The zero-order chi connectivity index (χ0) is 19.6. The standard InChI is InChI=1S/C21H27N3O3/c1-3-4-13-24(2)20(26)17-11-8-12-18(14-17)22-21(27)23-19(15-25)16-9-6-5-7-10-16/h5-12,14,19,25H,3-4,13,15H2,1-2H3,(H2,22,23,27)/t19-/m0/s1. The van der Waals surface area contributed by atoms with E-state index in [1.165, 1.54) is 0 Å². The van der Waals surface area contributed by atoms with Crippen LogP contribution < -0.4 is 10.6 Å². The fourth-order valence-electron chi connectivity index (χ4n) is 2.69. The predicted molar refractivity (Wildman–Crippen MR) is 107 cm³/mol. The Labute approximate surface area is 160 Å². The molecule has 0 aliphatic heterocycles. The van der Waals surface area contributed by atoms with Gasteiger partial charge >= 0.3 is 6.03 Å². The van der Waals surface area contributed by atoms with Crippen molar-refractivity contribution in [2.75, 3.05) is 25.5 Å². The van der Waals surface area contributed by atoms with Crippen LogP contribution in [0.2, 0.25) is 0 Å². The smallest absolute Gasteiger partial charge is 0.319 e. The molecule has 6 nitrogen and oxygen atoms in total. The molecule has 0 bridgehead atoms. The average Bonchev–Trinajstić information content (AvgIpc) is 2.70. The second-order valence-corrected chi connectivity index (χ2v) is 6.41. The zero-order valence-electron chi connectivity index (χ0n) is 15.8. The molecule has 27 heavy (non-hydrogen) atoms. The molecule has 0 fully saturated rings. The molecule has 2 rings (SSSR count). The Morgan fingerprint density at radius 1 is 1.11 bits per heavy atom. The van der Waals surface area contributed by atoms with Gasteiger partial charge in [0, 0.05) is 24.8 Å². The Morgan fingerprint density at radius 3 is 2.52 bits per heavy atom. The molecule has 144 valence electrons. The zero-order valence-corrected chi connectivity index (χ0v) is 15.8. The van der Waals surface area contributed by atoms with E-state index in [-0.39, 0.29) is 12.5 Å². The molecule has 2 aromatic carbocycles. The van der Waals surface area contributed by atoms with Crippen molar-refractivity contribution in [3.63, 3.8) is 0 Å². The van der Waals surface area contributed by atoms with Crippen LogP contribution in [0.4, 0.5) is 10.5 Å². The summed E-state index contributed by atoms with van der Waals surface area (Å²) in [6.07, 6.45) is 1.97. The molecular weight excluding hydrogens is 342 g/mol. The number of aliphatic hydroxyl groups is 1. The minimum Gasteiger partial charge on any atom is -0.394 e. The third-order valence-electron chi connectivity index (χ3n) is 4.25. The van der Waals surface area contributed by atoms with Crippen molar-refractivity contribution in [3.05, 3.63) is 65.7 Å². The van der Waals surface area contributed by atoms with Crippen LogP contribution in [0.25, 0.3) is 0 Å². The van der Waals surface area contributed by atoms with Gasteiger partial charge in [0.2, 0.25) is 0 Å². The molecule has 0 aliphatic rings. The number of amides is 3. The van der Waals surface area contributed by atoms with Crippen LogP contribution in [-0.2, 0) is 0 Å². The Morgan fingerprint density at radius 2 is 1.85 bits per heavy atom. The van der Waals surface area contributed by atoms with Gasteiger partial charge in [-0.15, -0.1) is 0 Å². The van der Waals surface area contributed by atoms with Crippen LogP contribution in [0.5, 0.6) is 0 Å². The number of carbonyl (C=O) groups excluding carboxylic acids is 2. The van der Waals surface area contributed by atoms with Gasteiger partial charge in [0.15, 0.2) is 0 Å². The van der Waals surface area contributed by atoms with Crippen LogP contribution in [-0.4, -0.2) is 42.1 Å². The first-order valence-electron chi connectivity index (χ1n) is 9.14. The van der Waals surface area contributed by atoms with Gasteiger partial charge in [-0.3, -0.25) is 4.79 Å². The highest BCUT2D eigenvalue weighted by atomic mass is 16.3. The topological polar surface area (TPSA) is 81.7 Å². The van der Waals surface area contributed by atoms with E-state index in [1.54, 1.807) is 36.2 Å². The average molecular weight is 369 g/mol. The molecule has 3 amide bonds. The first-order valence-corrected chi connectivity index (χ1v) is 9.14. The number of nitrogens with zero attached hydrogens (tertiary/aromatic N) is 1. The number of anilines is 1. The van der Waals surface area contributed by atoms with Gasteiger partial charge in [-0.2, -0.15) is 0 Å². The van der Waals surface area contributed by atoms with E-state index in [0.717, 1.165) is 18.4 Å². The van der Waals surface area contributed by atoms with E-state index < -0.39 is 12.1 Å². The Bertz CT molecular complexity index is 749. The number of carbonyl (C=O) groups is 2. The van der Waals surface area contributed by atoms with E-state index in [0.29, 0.717) is 17.8 Å². The molecule has 0 unspecified atom stereocenters. The van der Waals surface area contributed by atoms with E-state index in [4.69, 9.17) is 0 Å². The van der Waals surface area contributed by atoms with Gasteiger partial charge in [-0.05, 0) is 30.2 Å². The Kier molecular flexibility index (Phi) is 7.82. The SMILES string of the molecule is CCCCN(C)C(=O)c1cccc(NC(=O)N[C@@H](CO)c2ccccc2)c1. The predicted octanol–water partition coefficient (Wildman–Crippen LogP) is 3.41. The van der Waals surface area contributed by atoms with Crippen molar-refractivity contribution in [2.45, 2.75) is 25.8 Å². The summed E-state index contributed by atoms with van der Waals surface area (Å²) in [6, 6.07) is 15.1. The largest absolute Gasteiger partial charge is 0.394 e. The number of hydrogen-bond acceptors (Lipinski definition) is 3. The van der Waals surface area contributed by atoms with Crippen molar-refractivity contribution in [3.8, 4) is 0 Å². The van der Waals surface area contributed by atoms with Gasteiger partial charge in [0.05, 0.1) is 12.6 Å². The molecule has 0 aliphatic carbocycles. The number of rotatable bonds is 8. The number of hydrogen-bond donors (Lipinski definition) is 3. The highest BCUT2D eigenvalue weighted by molar-refractivity contribution is 5.96. The number of benzene rings is 2. The molecular formula is C21H27N3O3. The molecule has 6 heteroatoms. The van der Waals surface area contributed by atoms with Crippen molar-refractivity contribution >= 4 is 17.6 Å². The first-order chi connectivity index (χ1) is 13.0. The molecule has 0 saturated carbocycles. The van der Waals surface area contributed by atoms with Crippen molar-refractivity contribution < 1.29 is 14.7 Å². The van der Waals surface area contributed by atoms with Crippen LogP contribution in [0, 0.1) is 0 Å². The van der Waals surface area contributed by atoms with Crippen molar-refractivity contribution in [1.82, 2.24) is 10.2 Å². The van der Waals surface area contributed by atoms with Crippen LogP contribution in [0.3, 0.4) is 0 Å². The second-order valence-electron chi connectivity index (χ2n) is 6.41. The van der Waals surface area contributed by atoms with Gasteiger partial charge in [-0.25, -0.2) is 4.79 Å². The van der Waals surface area contributed by atoms with Gasteiger partial charge in [0.25, 0.3) is 5.91 Å². The summed E-state index contributed by atoms with van der Waals surface area (Å²) >= 11 is 0. The maximum absolute atomic E-state index is 12.5. The summed E-state index contributed by atoms with van der Waals surface area (Å²) in [7, 11) is 1.77. The van der Waals surface area contributed by atoms with Crippen LogP contribution >= 0.6 is 0 Å². The molecule has 3 N–H and O–H groups in total. The fourth-order valence-corrected chi connectivity index (χ4v) is 2.69. The molecule has 0 aromatic heterocycles. The van der Waals surface area contributed by atoms with E-state index in [2.05, 4.69) is 17.6 Å². The van der Waals surface area contributed by atoms with Gasteiger partial charge in [0.1, 0.15) is 0 Å². The summed E-state index contributed by atoms with van der Waals surface area (Å²) < 4.78 is 0. The van der Waals surface area contributed by atoms with Crippen molar-refractivity contribution in [1.29, 1.82) is 0 Å². The summed E-state index contributed by atoms with van der Waals surface area (Å²) in [5.41, 5.74) is 1.86. The number of urea groups is 1. The third kappa shape index (κ3) is 6.11. The monoisotopic (exact) mass is 369 g/mol. The van der Waals surface area contributed by atoms with Crippen molar-refractivity contribution in [2.24, 2.45) is 0 Å². The first kappa shape index (κ1) is 20.5. The maximum atomic E-state index is 12.5. The molecule has 2 aromatic rings. The quantitative estimate of drug-likeness (QED) is 0.667. The number of unbranched alkanes of at least 4 members (excludes halogenated alkanes) is 1. The van der Waals surface area contributed by atoms with Crippen LogP contribution in [0.1, 0.15) is 41.7 Å². The minimum absolute atomic E-state index is 0.0787. The van der Waals surface area contributed by atoms with Crippen LogP contribution in [0.15, 0.2) is 54.6 Å². The van der Waals surface area contributed by atoms with Gasteiger partial charge in [-0.1, -0.05) is 49.7 Å². The lowest BCUT2D eigenvalue weighted by Crippen LogP contribution is -2.34. The minimum atomic E-state index is -0.504. The summed E-state index contributed by atoms with van der Waals surface area (Å²) in [4.78, 5) is 26.4. The maximum Gasteiger partial charge on any atom is 0.319 e. The summed E-state index contributed by atoms with van der Waals surface area (Å²) in [5.74, 6) is -0.0787. The lowest BCUT2D eigenvalue weighted by atomic mass is 10.1. The molecule has 0 saturated heterocycles. The van der Waals surface area contributed by atoms with Gasteiger partial charge < -0.3 is 20.6 Å². The second kappa shape index (κ2) is 10.3. The normalized spacial score (nSPS) is 11.5. The molecule has 0 spiro atoms. The highest BCUT2D eigenvalue weighted by Gasteiger charge is 2.15. The lowest BCUT2D eigenvalue weighted by Gasteiger charge is -2.18. The molecule has 1 atom stereocenters. The number of nitrogens with one attached hydrogen (secondary N) is 2.